The molecule has 0 aliphatic carbocycles. The topological polar surface area (TPSA) is 84.5 Å². The maximum absolute atomic E-state index is 12.2. The van der Waals surface area contributed by atoms with Gasteiger partial charge < -0.3 is 10.1 Å². The van der Waals surface area contributed by atoms with E-state index in [1.807, 2.05) is 0 Å². The fraction of sp³-hybridized carbons (Fsp3) is 0.500. The Kier molecular flexibility index (Phi) is 5.33. The molecule has 6 nitrogen and oxygen atoms in total. The summed E-state index contributed by atoms with van der Waals surface area (Å²) in [6.07, 6.45) is 2.98. The van der Waals surface area contributed by atoms with Crippen LogP contribution in [0.25, 0.3) is 0 Å². The predicted octanol–water partition coefficient (Wildman–Crippen LogP) is 0.894. The first kappa shape index (κ1) is 15.9. The summed E-state index contributed by atoms with van der Waals surface area (Å²) in [5.41, 5.74) is 0.220. The molecular formula is C14H20N2O4S. The number of hydrogen-bond acceptors (Lipinski definition) is 5. The molecule has 0 radical (unpaired) electrons. The zero-order chi connectivity index (χ0) is 15.3. The van der Waals surface area contributed by atoms with E-state index in [4.69, 9.17) is 0 Å². The van der Waals surface area contributed by atoms with Crippen LogP contribution >= 0.6 is 0 Å². The van der Waals surface area contributed by atoms with Gasteiger partial charge in [0.05, 0.1) is 17.6 Å². The number of carbonyl (C=O) groups is 1. The number of methoxy groups -OCH3 is 1. The Balaban J connectivity index is 1.99. The van der Waals surface area contributed by atoms with Crippen LogP contribution in [-0.2, 0) is 14.8 Å². The van der Waals surface area contributed by atoms with Crippen LogP contribution in [0.4, 0.5) is 0 Å². The molecular weight excluding hydrogens is 292 g/mol. The maximum atomic E-state index is 12.2. The maximum Gasteiger partial charge on any atom is 0.337 e. The lowest BCUT2D eigenvalue weighted by Crippen LogP contribution is -2.30. The van der Waals surface area contributed by atoms with Gasteiger partial charge in [-0.25, -0.2) is 17.9 Å². The zero-order valence-electron chi connectivity index (χ0n) is 12.0. The highest BCUT2D eigenvalue weighted by molar-refractivity contribution is 7.89. The number of nitrogens with one attached hydrogen (secondary N) is 2. The SMILES string of the molecule is COC(=O)c1cccc(S(=O)(=O)NCC[C@@H]2CCCN2)c1. The molecule has 1 heterocycles. The number of sulfonamides is 1. The Morgan fingerprint density at radius 1 is 1.48 bits per heavy atom. The smallest absolute Gasteiger partial charge is 0.337 e. The van der Waals surface area contributed by atoms with Crippen molar-refractivity contribution in [3.63, 3.8) is 0 Å². The molecule has 1 saturated heterocycles. The molecule has 2 rings (SSSR count). The summed E-state index contributed by atoms with van der Waals surface area (Å²) in [6, 6.07) is 6.21. The lowest BCUT2D eigenvalue weighted by atomic mass is 10.2. The quantitative estimate of drug-likeness (QED) is 0.762. The van der Waals surface area contributed by atoms with Crippen molar-refractivity contribution in [2.24, 2.45) is 0 Å². The minimum Gasteiger partial charge on any atom is -0.465 e. The van der Waals surface area contributed by atoms with E-state index in [2.05, 4.69) is 14.8 Å². The second kappa shape index (κ2) is 7.02. The van der Waals surface area contributed by atoms with Crippen LogP contribution in [-0.4, -0.2) is 40.6 Å². The highest BCUT2D eigenvalue weighted by atomic mass is 32.2. The molecule has 2 N–H and O–H groups in total. The van der Waals surface area contributed by atoms with Crippen molar-refractivity contribution in [1.82, 2.24) is 10.0 Å². The van der Waals surface area contributed by atoms with Crippen molar-refractivity contribution < 1.29 is 17.9 Å². The molecule has 21 heavy (non-hydrogen) atoms. The van der Waals surface area contributed by atoms with Crippen LogP contribution in [0.5, 0.6) is 0 Å². The molecule has 116 valence electrons. The summed E-state index contributed by atoms with van der Waals surface area (Å²) in [4.78, 5) is 11.5. The van der Waals surface area contributed by atoms with Crippen LogP contribution in [0.15, 0.2) is 29.2 Å². The number of hydrogen-bond donors (Lipinski definition) is 2. The molecule has 0 spiro atoms. The summed E-state index contributed by atoms with van der Waals surface area (Å²) in [5, 5.41) is 3.32. The number of ether oxygens (including phenoxy) is 1. The molecule has 0 bridgehead atoms. The van der Waals surface area contributed by atoms with Gasteiger partial charge in [-0.05, 0) is 44.0 Å². The van der Waals surface area contributed by atoms with Gasteiger partial charge in [-0.15, -0.1) is 0 Å². The van der Waals surface area contributed by atoms with Crippen molar-refractivity contribution >= 4 is 16.0 Å². The van der Waals surface area contributed by atoms with Crippen molar-refractivity contribution in [3.8, 4) is 0 Å². The molecule has 1 fully saturated rings. The van der Waals surface area contributed by atoms with Gasteiger partial charge in [0.1, 0.15) is 0 Å². The van der Waals surface area contributed by atoms with Crippen LogP contribution in [0.1, 0.15) is 29.6 Å². The first-order valence-electron chi connectivity index (χ1n) is 6.94. The Bertz CT molecular complexity index is 595. The van der Waals surface area contributed by atoms with E-state index in [1.54, 1.807) is 0 Å². The minimum absolute atomic E-state index is 0.0739. The van der Waals surface area contributed by atoms with Gasteiger partial charge in [0.2, 0.25) is 10.0 Å². The van der Waals surface area contributed by atoms with Crippen molar-refractivity contribution in [1.29, 1.82) is 0 Å². The van der Waals surface area contributed by atoms with Gasteiger partial charge in [-0.3, -0.25) is 0 Å². The third-order valence-corrected chi connectivity index (χ3v) is 4.97. The first-order chi connectivity index (χ1) is 10.0. The second-order valence-electron chi connectivity index (χ2n) is 5.00. The fourth-order valence-corrected chi connectivity index (χ4v) is 3.46. The van der Waals surface area contributed by atoms with Crippen LogP contribution in [0.3, 0.4) is 0 Å². The number of rotatable bonds is 6. The monoisotopic (exact) mass is 312 g/mol. The first-order valence-corrected chi connectivity index (χ1v) is 8.42. The van der Waals surface area contributed by atoms with Crippen molar-refractivity contribution in [2.75, 3.05) is 20.2 Å². The highest BCUT2D eigenvalue weighted by Gasteiger charge is 2.18. The van der Waals surface area contributed by atoms with Crippen molar-refractivity contribution in [3.05, 3.63) is 29.8 Å². The van der Waals surface area contributed by atoms with Crippen molar-refractivity contribution in [2.45, 2.75) is 30.2 Å². The molecule has 1 aromatic carbocycles. The predicted molar refractivity (Wildman–Crippen MR) is 78.6 cm³/mol. The van der Waals surface area contributed by atoms with Crippen LogP contribution in [0, 0.1) is 0 Å². The van der Waals surface area contributed by atoms with E-state index < -0.39 is 16.0 Å². The van der Waals surface area contributed by atoms with E-state index in [0.717, 1.165) is 25.8 Å². The van der Waals surface area contributed by atoms with Gasteiger partial charge in [0.25, 0.3) is 0 Å². The summed E-state index contributed by atoms with van der Waals surface area (Å²) >= 11 is 0. The molecule has 7 heteroatoms. The van der Waals surface area contributed by atoms with Gasteiger partial charge in [-0.1, -0.05) is 6.07 Å². The van der Waals surface area contributed by atoms with Crippen LogP contribution < -0.4 is 10.0 Å². The molecule has 1 aromatic rings. The lowest BCUT2D eigenvalue weighted by Gasteiger charge is -2.11. The Morgan fingerprint density at radius 3 is 2.95 bits per heavy atom. The largest absolute Gasteiger partial charge is 0.465 e. The average molecular weight is 312 g/mol. The normalized spacial score (nSPS) is 18.6. The van der Waals surface area contributed by atoms with E-state index in [9.17, 15) is 13.2 Å². The number of carbonyl (C=O) groups excluding carboxylic acids is 1. The third kappa shape index (κ3) is 4.26. The third-order valence-electron chi connectivity index (χ3n) is 3.51. The van der Waals surface area contributed by atoms with Gasteiger partial charge in [-0.2, -0.15) is 0 Å². The molecule has 1 aliphatic rings. The summed E-state index contributed by atoms with van der Waals surface area (Å²) < 4.78 is 31.5. The Labute approximate surface area is 124 Å². The highest BCUT2D eigenvalue weighted by Crippen LogP contribution is 2.13. The molecule has 1 atom stereocenters. The lowest BCUT2D eigenvalue weighted by molar-refractivity contribution is 0.0600. The second-order valence-corrected chi connectivity index (χ2v) is 6.77. The van der Waals surface area contributed by atoms with E-state index in [-0.39, 0.29) is 10.5 Å². The Hall–Kier alpha value is -1.44. The standard InChI is InChI=1S/C14H20N2O4S/c1-20-14(17)11-4-2-6-13(10-11)21(18,19)16-9-7-12-5-3-8-15-12/h2,4,6,10,12,15-16H,3,5,7-9H2,1H3/t12-/m0/s1. The fourth-order valence-electron chi connectivity index (χ4n) is 2.36. The van der Waals surface area contributed by atoms with Gasteiger partial charge in [0, 0.05) is 12.6 Å². The summed E-state index contributed by atoms with van der Waals surface area (Å²) in [6.45, 7) is 1.38. The Morgan fingerprint density at radius 2 is 2.29 bits per heavy atom. The van der Waals surface area contributed by atoms with Gasteiger partial charge in [0.15, 0.2) is 0 Å². The van der Waals surface area contributed by atoms with E-state index >= 15 is 0 Å². The zero-order valence-corrected chi connectivity index (χ0v) is 12.8. The molecule has 0 unspecified atom stereocenters. The van der Waals surface area contributed by atoms with Gasteiger partial charge >= 0.3 is 5.97 Å². The summed E-state index contributed by atoms with van der Waals surface area (Å²) in [7, 11) is -2.34. The van der Waals surface area contributed by atoms with Crippen LogP contribution in [0.2, 0.25) is 0 Å². The molecule has 1 aliphatic heterocycles. The molecule has 0 amide bonds. The summed E-state index contributed by atoms with van der Waals surface area (Å²) in [5.74, 6) is -0.554. The molecule has 0 saturated carbocycles. The minimum atomic E-state index is -3.60. The number of benzene rings is 1. The number of esters is 1. The van der Waals surface area contributed by atoms with E-state index in [0.29, 0.717) is 12.6 Å². The average Bonchev–Trinajstić information content (AvgIpc) is 2.99. The molecule has 0 aromatic heterocycles. The van der Waals surface area contributed by atoms with E-state index in [1.165, 1.54) is 31.4 Å².